The van der Waals surface area contributed by atoms with Gasteiger partial charge in [-0.05, 0) is 43.2 Å². The van der Waals surface area contributed by atoms with Crippen molar-refractivity contribution in [1.82, 2.24) is 0 Å². The van der Waals surface area contributed by atoms with Crippen molar-refractivity contribution in [3.63, 3.8) is 0 Å². The van der Waals surface area contributed by atoms with Crippen LogP contribution in [0.1, 0.15) is 22.7 Å². The Bertz CT molecular complexity index is 623. The quantitative estimate of drug-likeness (QED) is 0.898. The second kappa shape index (κ2) is 5.85. The molecule has 2 rings (SSSR count). The first-order valence-corrected chi connectivity index (χ1v) is 6.42. The van der Waals surface area contributed by atoms with Gasteiger partial charge in [0.2, 0.25) is 0 Å². The summed E-state index contributed by atoms with van der Waals surface area (Å²) in [5.74, 6) is -1.67. The van der Waals surface area contributed by atoms with Gasteiger partial charge in [0.1, 0.15) is 17.5 Å². The van der Waals surface area contributed by atoms with Gasteiger partial charge < -0.3 is 5.73 Å². The first kappa shape index (κ1) is 14.9. The van der Waals surface area contributed by atoms with Crippen molar-refractivity contribution in [2.45, 2.75) is 19.4 Å². The number of hydrogen-bond acceptors (Lipinski definition) is 1. The second-order valence-electron chi connectivity index (χ2n) is 4.63. The number of aryl methyl sites for hydroxylation is 1. The maximum Gasteiger partial charge on any atom is 0.128 e. The van der Waals surface area contributed by atoms with Gasteiger partial charge >= 0.3 is 0 Å². The third kappa shape index (κ3) is 2.97. The van der Waals surface area contributed by atoms with E-state index < -0.39 is 23.5 Å². The van der Waals surface area contributed by atoms with Crippen LogP contribution in [0.25, 0.3) is 0 Å². The fraction of sp³-hybridized carbons (Fsp3) is 0.200. The molecule has 0 heterocycles. The largest absolute Gasteiger partial charge is 0.324 e. The number of rotatable bonds is 3. The van der Waals surface area contributed by atoms with Crippen LogP contribution < -0.4 is 5.73 Å². The third-order valence-electron chi connectivity index (χ3n) is 3.16. The van der Waals surface area contributed by atoms with Gasteiger partial charge in [0.25, 0.3) is 0 Å². The van der Waals surface area contributed by atoms with E-state index in [1.54, 1.807) is 0 Å². The van der Waals surface area contributed by atoms with Crippen LogP contribution >= 0.6 is 11.6 Å². The van der Waals surface area contributed by atoms with E-state index in [4.69, 9.17) is 17.3 Å². The van der Waals surface area contributed by atoms with Gasteiger partial charge in [-0.2, -0.15) is 0 Å². The molecule has 0 aliphatic heterocycles. The van der Waals surface area contributed by atoms with Gasteiger partial charge in [0, 0.05) is 22.2 Å². The maximum atomic E-state index is 13.8. The van der Waals surface area contributed by atoms with Gasteiger partial charge in [0.15, 0.2) is 0 Å². The van der Waals surface area contributed by atoms with Crippen molar-refractivity contribution in [2.75, 3.05) is 0 Å². The van der Waals surface area contributed by atoms with Crippen molar-refractivity contribution < 1.29 is 13.2 Å². The predicted molar refractivity (Wildman–Crippen MR) is 73.1 cm³/mol. The standard InChI is InChI=1S/C15H13ClF3N/c1-8-5-14(19)10(6-13(8)18)15(20)7-9-11(16)3-2-4-12(9)17/h2-6,15H,7,20H2,1H3. The molecule has 0 bridgehead atoms. The third-order valence-corrected chi connectivity index (χ3v) is 3.52. The molecule has 0 aliphatic carbocycles. The minimum atomic E-state index is -0.875. The van der Waals surface area contributed by atoms with Gasteiger partial charge in [-0.3, -0.25) is 0 Å². The predicted octanol–water partition coefficient (Wildman–Crippen LogP) is 4.31. The fourth-order valence-corrected chi connectivity index (χ4v) is 2.24. The van der Waals surface area contributed by atoms with Crippen molar-refractivity contribution in [3.8, 4) is 0 Å². The highest BCUT2D eigenvalue weighted by molar-refractivity contribution is 6.31. The molecule has 0 fully saturated rings. The van der Waals surface area contributed by atoms with E-state index in [1.807, 2.05) is 0 Å². The molecule has 0 saturated carbocycles. The van der Waals surface area contributed by atoms with E-state index in [0.29, 0.717) is 0 Å². The molecule has 0 spiro atoms. The molecule has 2 aromatic rings. The second-order valence-corrected chi connectivity index (χ2v) is 5.04. The number of halogens is 4. The average Bonchev–Trinajstić information content (AvgIpc) is 2.38. The molecule has 2 N–H and O–H groups in total. The van der Waals surface area contributed by atoms with Crippen LogP contribution in [-0.4, -0.2) is 0 Å². The SMILES string of the molecule is Cc1cc(F)c(C(N)Cc2c(F)cccc2Cl)cc1F. The van der Waals surface area contributed by atoms with E-state index in [9.17, 15) is 13.2 Å². The molecule has 5 heteroatoms. The zero-order valence-electron chi connectivity index (χ0n) is 10.8. The fourth-order valence-electron chi connectivity index (χ4n) is 2.00. The first-order valence-electron chi connectivity index (χ1n) is 6.04. The average molecular weight is 300 g/mol. The van der Waals surface area contributed by atoms with Crippen molar-refractivity contribution >= 4 is 11.6 Å². The van der Waals surface area contributed by atoms with E-state index in [1.165, 1.54) is 25.1 Å². The molecule has 0 aromatic heterocycles. The lowest BCUT2D eigenvalue weighted by Crippen LogP contribution is -2.16. The summed E-state index contributed by atoms with van der Waals surface area (Å²) < 4.78 is 41.0. The van der Waals surface area contributed by atoms with Crippen LogP contribution in [0.3, 0.4) is 0 Å². The summed E-state index contributed by atoms with van der Waals surface area (Å²) in [6, 6.07) is 5.49. The highest BCUT2D eigenvalue weighted by Gasteiger charge is 2.18. The van der Waals surface area contributed by atoms with E-state index in [-0.39, 0.29) is 28.1 Å². The lowest BCUT2D eigenvalue weighted by atomic mass is 9.97. The van der Waals surface area contributed by atoms with Crippen LogP contribution in [0.5, 0.6) is 0 Å². The summed E-state index contributed by atoms with van der Waals surface area (Å²) in [5, 5.41) is 0.216. The molecule has 0 saturated heterocycles. The Morgan fingerprint density at radius 2 is 1.80 bits per heavy atom. The first-order chi connectivity index (χ1) is 9.40. The molecule has 1 nitrogen and oxygen atoms in total. The molecule has 0 amide bonds. The monoisotopic (exact) mass is 299 g/mol. The molecule has 20 heavy (non-hydrogen) atoms. The van der Waals surface area contributed by atoms with Crippen LogP contribution in [0.15, 0.2) is 30.3 Å². The van der Waals surface area contributed by atoms with Gasteiger partial charge in [-0.1, -0.05) is 17.7 Å². The summed E-state index contributed by atoms with van der Waals surface area (Å²) in [5.41, 5.74) is 6.25. The number of hydrogen-bond donors (Lipinski definition) is 1. The van der Waals surface area contributed by atoms with Crippen molar-refractivity contribution in [3.05, 3.63) is 69.5 Å². The highest BCUT2D eigenvalue weighted by Crippen LogP contribution is 2.26. The van der Waals surface area contributed by atoms with Crippen LogP contribution in [0.4, 0.5) is 13.2 Å². The molecule has 2 aromatic carbocycles. The van der Waals surface area contributed by atoms with E-state index in [0.717, 1.165) is 12.1 Å². The summed E-state index contributed by atoms with van der Waals surface area (Å²) in [6.07, 6.45) is -0.00900. The summed E-state index contributed by atoms with van der Waals surface area (Å²) >= 11 is 5.89. The van der Waals surface area contributed by atoms with Gasteiger partial charge in [-0.25, -0.2) is 13.2 Å². The summed E-state index contributed by atoms with van der Waals surface area (Å²) in [7, 11) is 0. The lowest BCUT2D eigenvalue weighted by Gasteiger charge is -2.15. The topological polar surface area (TPSA) is 26.0 Å². The molecular weight excluding hydrogens is 287 g/mol. The van der Waals surface area contributed by atoms with E-state index >= 15 is 0 Å². The Hall–Kier alpha value is -1.52. The highest BCUT2D eigenvalue weighted by atomic mass is 35.5. The Balaban J connectivity index is 2.33. The molecular formula is C15H13ClF3N. The minimum Gasteiger partial charge on any atom is -0.324 e. The molecule has 0 radical (unpaired) electrons. The minimum absolute atomic E-state index is 0.00687. The number of nitrogens with two attached hydrogens (primary N) is 1. The van der Waals surface area contributed by atoms with Gasteiger partial charge in [-0.15, -0.1) is 0 Å². The molecule has 106 valence electrons. The lowest BCUT2D eigenvalue weighted by molar-refractivity contribution is 0.547. The van der Waals surface area contributed by atoms with Crippen molar-refractivity contribution in [1.29, 1.82) is 0 Å². The van der Waals surface area contributed by atoms with Crippen LogP contribution in [0, 0.1) is 24.4 Å². The Labute approximate surface area is 120 Å². The van der Waals surface area contributed by atoms with Gasteiger partial charge in [0.05, 0.1) is 0 Å². The zero-order valence-corrected chi connectivity index (χ0v) is 11.5. The maximum absolute atomic E-state index is 13.8. The number of benzene rings is 2. The normalized spacial score (nSPS) is 12.5. The van der Waals surface area contributed by atoms with Crippen molar-refractivity contribution in [2.24, 2.45) is 5.73 Å². The Morgan fingerprint density at radius 3 is 2.45 bits per heavy atom. The smallest absolute Gasteiger partial charge is 0.128 e. The summed E-state index contributed by atoms with van der Waals surface area (Å²) in [6.45, 7) is 1.46. The zero-order chi connectivity index (χ0) is 14.9. The molecule has 1 unspecified atom stereocenters. The molecule has 0 aliphatic rings. The van der Waals surface area contributed by atoms with Crippen LogP contribution in [-0.2, 0) is 6.42 Å². The summed E-state index contributed by atoms with van der Waals surface area (Å²) in [4.78, 5) is 0. The Morgan fingerprint density at radius 1 is 1.10 bits per heavy atom. The Kier molecular flexibility index (Phi) is 4.35. The van der Waals surface area contributed by atoms with E-state index in [2.05, 4.69) is 0 Å². The van der Waals surface area contributed by atoms with Crippen LogP contribution in [0.2, 0.25) is 5.02 Å². The molecule has 1 atom stereocenters.